The molecule has 168 valence electrons. The Balaban J connectivity index is 1.52. The molecule has 0 N–H and O–H groups in total. The second kappa shape index (κ2) is 5.73. The van der Waals surface area contributed by atoms with E-state index in [9.17, 15) is 0 Å². The molecule has 1 spiro atoms. The summed E-state index contributed by atoms with van der Waals surface area (Å²) >= 11 is 0. The van der Waals surface area contributed by atoms with Crippen LogP contribution in [0.2, 0.25) is 0 Å². The van der Waals surface area contributed by atoms with Crippen molar-refractivity contribution in [2.24, 2.45) is 5.41 Å². The van der Waals surface area contributed by atoms with Crippen LogP contribution in [-0.2, 0) is 5.41 Å². The highest BCUT2D eigenvalue weighted by molar-refractivity contribution is 5.80. The van der Waals surface area contributed by atoms with E-state index in [0.29, 0.717) is 23.7 Å². The number of benzene rings is 5. The van der Waals surface area contributed by atoms with E-state index in [2.05, 4.69) is 121 Å². The molecule has 0 amide bonds. The fourth-order valence-corrected chi connectivity index (χ4v) is 10.4. The van der Waals surface area contributed by atoms with Crippen LogP contribution < -0.4 is 0 Å². The molecule has 0 saturated carbocycles. The maximum absolute atomic E-state index is 2.49. The molecular formula is C36H24. The summed E-state index contributed by atoms with van der Waals surface area (Å²) in [7, 11) is 0. The molecule has 2 atom stereocenters. The SMILES string of the molecule is c1ccc2c(c1)C1c3ccccc3C2C23C4c5ccccc5C2c2ccccc2C13c1ccccc14. The molecule has 0 fully saturated rings. The number of rotatable bonds is 0. The summed E-state index contributed by atoms with van der Waals surface area (Å²) in [6, 6.07) is 47.4. The van der Waals surface area contributed by atoms with Gasteiger partial charge in [0, 0.05) is 34.5 Å². The first-order valence-corrected chi connectivity index (χ1v) is 13.4. The number of hydrogen-bond acceptors (Lipinski definition) is 0. The van der Waals surface area contributed by atoms with Crippen LogP contribution in [0, 0.1) is 5.41 Å². The minimum Gasteiger partial charge on any atom is -0.0620 e. The molecule has 0 aliphatic heterocycles. The molecule has 2 bridgehead atoms. The van der Waals surface area contributed by atoms with E-state index in [1.165, 1.54) is 0 Å². The minimum atomic E-state index is -0.0675. The van der Waals surface area contributed by atoms with Gasteiger partial charge in [-0.2, -0.15) is 0 Å². The van der Waals surface area contributed by atoms with Gasteiger partial charge in [0.15, 0.2) is 0 Å². The first kappa shape index (κ1) is 18.4. The summed E-state index contributed by atoms with van der Waals surface area (Å²) in [5, 5.41) is 0. The van der Waals surface area contributed by atoms with Crippen molar-refractivity contribution in [3.05, 3.63) is 177 Å². The first-order valence-electron chi connectivity index (χ1n) is 13.4. The third kappa shape index (κ3) is 1.55. The highest BCUT2D eigenvalue weighted by Gasteiger charge is 2.82. The van der Waals surface area contributed by atoms with Crippen LogP contribution in [0.15, 0.2) is 121 Å². The van der Waals surface area contributed by atoms with Crippen molar-refractivity contribution in [1.82, 2.24) is 0 Å². The van der Waals surface area contributed by atoms with Gasteiger partial charge in [0.25, 0.3) is 0 Å². The maximum atomic E-state index is 2.49. The smallest absolute Gasteiger partial charge is 0.0401 e. The van der Waals surface area contributed by atoms with Crippen LogP contribution in [0.1, 0.15) is 79.3 Å². The monoisotopic (exact) mass is 456 g/mol. The second-order valence-corrected chi connectivity index (χ2v) is 11.5. The Morgan fingerprint density at radius 1 is 0.306 bits per heavy atom. The Morgan fingerprint density at radius 3 is 0.972 bits per heavy atom. The van der Waals surface area contributed by atoms with Gasteiger partial charge in [0.2, 0.25) is 0 Å². The van der Waals surface area contributed by atoms with Crippen molar-refractivity contribution in [3.8, 4) is 0 Å². The van der Waals surface area contributed by atoms with Gasteiger partial charge in [0.05, 0.1) is 0 Å². The van der Waals surface area contributed by atoms with Crippen molar-refractivity contribution < 1.29 is 0 Å². The Morgan fingerprint density at radius 2 is 0.583 bits per heavy atom. The number of hydrogen-bond donors (Lipinski definition) is 0. The van der Waals surface area contributed by atoms with E-state index in [0.717, 1.165) is 0 Å². The van der Waals surface area contributed by atoms with E-state index in [-0.39, 0.29) is 10.8 Å². The van der Waals surface area contributed by atoms with Gasteiger partial charge >= 0.3 is 0 Å². The topological polar surface area (TPSA) is 0 Å². The summed E-state index contributed by atoms with van der Waals surface area (Å²) in [5.41, 5.74) is 15.6. The minimum absolute atomic E-state index is 0.0391. The van der Waals surface area contributed by atoms with Gasteiger partial charge in [-0.3, -0.25) is 0 Å². The Kier molecular flexibility index (Phi) is 2.93. The lowest BCUT2D eigenvalue weighted by Gasteiger charge is -2.62. The van der Waals surface area contributed by atoms with Gasteiger partial charge in [-0.1, -0.05) is 121 Å². The zero-order chi connectivity index (χ0) is 23.2. The van der Waals surface area contributed by atoms with E-state index < -0.39 is 0 Å². The molecule has 5 aromatic carbocycles. The summed E-state index contributed by atoms with van der Waals surface area (Å²) < 4.78 is 0. The summed E-state index contributed by atoms with van der Waals surface area (Å²) in [6.45, 7) is 0. The van der Waals surface area contributed by atoms with Crippen LogP contribution in [-0.4, -0.2) is 0 Å². The Labute approximate surface area is 211 Å². The molecule has 0 heteroatoms. The van der Waals surface area contributed by atoms with Gasteiger partial charge < -0.3 is 0 Å². The standard InChI is InChI=1S/C36H24/c1-3-13-23-21(11-1)31-22-12-2-4-14-24(22)32(23)36-33-25-15-5-6-16-26(25)34(36)28-18-8-10-20-30(28)35(31,36)29-19-9-7-17-27(29)33/h1-20,31-34H. The molecule has 11 rings (SSSR count). The molecule has 5 aromatic rings. The van der Waals surface area contributed by atoms with E-state index in [1.807, 2.05) is 0 Å². The molecule has 0 radical (unpaired) electrons. The van der Waals surface area contributed by atoms with Crippen LogP contribution in [0.4, 0.5) is 0 Å². The molecule has 6 aliphatic carbocycles. The van der Waals surface area contributed by atoms with Gasteiger partial charge in [-0.15, -0.1) is 0 Å². The van der Waals surface area contributed by atoms with Crippen LogP contribution >= 0.6 is 0 Å². The van der Waals surface area contributed by atoms with Crippen molar-refractivity contribution in [3.63, 3.8) is 0 Å². The van der Waals surface area contributed by atoms with Crippen molar-refractivity contribution in [2.45, 2.75) is 29.1 Å². The third-order valence-corrected chi connectivity index (χ3v) is 10.8. The average molecular weight is 457 g/mol. The van der Waals surface area contributed by atoms with Crippen molar-refractivity contribution >= 4 is 0 Å². The zero-order valence-electron chi connectivity index (χ0n) is 19.9. The molecule has 0 saturated heterocycles. The maximum Gasteiger partial charge on any atom is 0.0401 e. The number of fused-ring (bicyclic) bond motifs is 7. The average Bonchev–Trinajstić information content (AvgIpc) is 3.50. The quantitative estimate of drug-likeness (QED) is 0.222. The molecule has 36 heavy (non-hydrogen) atoms. The molecule has 6 aliphatic rings. The van der Waals surface area contributed by atoms with E-state index in [4.69, 9.17) is 0 Å². The van der Waals surface area contributed by atoms with E-state index in [1.54, 1.807) is 55.6 Å². The van der Waals surface area contributed by atoms with Gasteiger partial charge in [-0.05, 0) is 55.6 Å². The molecular weight excluding hydrogens is 432 g/mol. The van der Waals surface area contributed by atoms with Gasteiger partial charge in [-0.25, -0.2) is 0 Å². The lowest BCUT2D eigenvalue weighted by molar-refractivity contribution is 0.0931. The Hall–Kier alpha value is -3.90. The van der Waals surface area contributed by atoms with Crippen LogP contribution in [0.5, 0.6) is 0 Å². The fraction of sp³-hybridized carbons (Fsp3) is 0.167. The van der Waals surface area contributed by atoms with Crippen molar-refractivity contribution in [2.75, 3.05) is 0 Å². The van der Waals surface area contributed by atoms with Crippen molar-refractivity contribution in [1.29, 1.82) is 0 Å². The summed E-state index contributed by atoms with van der Waals surface area (Å²) in [4.78, 5) is 0. The molecule has 0 heterocycles. The predicted octanol–water partition coefficient (Wildman–Crippen LogP) is 7.85. The first-order chi connectivity index (χ1) is 17.9. The summed E-state index contributed by atoms with van der Waals surface area (Å²) in [5.74, 6) is 1.48. The van der Waals surface area contributed by atoms with Crippen LogP contribution in [0.3, 0.4) is 0 Å². The third-order valence-electron chi connectivity index (χ3n) is 10.8. The Bertz CT molecular complexity index is 1670. The highest BCUT2D eigenvalue weighted by Crippen LogP contribution is 2.89. The van der Waals surface area contributed by atoms with Gasteiger partial charge in [0.1, 0.15) is 0 Å². The fourth-order valence-electron chi connectivity index (χ4n) is 10.4. The normalized spacial score (nSPS) is 32.1. The zero-order valence-corrected chi connectivity index (χ0v) is 19.9. The lowest BCUT2D eigenvalue weighted by Crippen LogP contribution is -2.57. The highest BCUT2D eigenvalue weighted by atomic mass is 14.8. The molecule has 0 aromatic heterocycles. The molecule has 0 nitrogen and oxygen atoms in total. The van der Waals surface area contributed by atoms with E-state index >= 15 is 0 Å². The summed E-state index contributed by atoms with van der Waals surface area (Å²) in [6.07, 6.45) is 0. The van der Waals surface area contributed by atoms with Crippen LogP contribution in [0.25, 0.3) is 0 Å². The largest absolute Gasteiger partial charge is 0.0620 e. The molecule has 2 unspecified atom stereocenters. The predicted molar refractivity (Wildman–Crippen MR) is 143 cm³/mol. The second-order valence-electron chi connectivity index (χ2n) is 11.5. The lowest BCUT2D eigenvalue weighted by atomic mass is 9.38.